The van der Waals surface area contributed by atoms with Gasteiger partial charge in [-0.05, 0) is 55.3 Å². The molecule has 1 amide bonds. The van der Waals surface area contributed by atoms with E-state index in [0.29, 0.717) is 43.9 Å². The Morgan fingerprint density at radius 3 is 2.47 bits per heavy atom. The largest absolute Gasteiger partial charge is 0.345 e. The molecule has 0 spiro atoms. The van der Waals surface area contributed by atoms with Gasteiger partial charge in [-0.1, -0.05) is 36.5 Å². The number of fused-ring (bicyclic) bond motifs is 1. The van der Waals surface area contributed by atoms with Gasteiger partial charge >= 0.3 is 0 Å². The Hall–Kier alpha value is -2.14. The quantitative estimate of drug-likeness (QED) is 0.430. The van der Waals surface area contributed by atoms with Crippen LogP contribution in [0.25, 0.3) is 10.2 Å². The molecule has 0 N–H and O–H groups in total. The monoisotopic (exact) mass is 544 g/mol. The van der Waals surface area contributed by atoms with Gasteiger partial charge in [-0.2, -0.15) is 4.31 Å². The van der Waals surface area contributed by atoms with Gasteiger partial charge in [-0.3, -0.25) is 4.79 Å². The number of nitrogens with zero attached hydrogens (tertiary/aromatic N) is 4. The van der Waals surface area contributed by atoms with E-state index < -0.39 is 10.0 Å². The van der Waals surface area contributed by atoms with E-state index in [9.17, 15) is 13.2 Å². The van der Waals surface area contributed by atoms with E-state index in [0.717, 1.165) is 35.1 Å². The molecule has 10 heteroatoms. The molecule has 3 heterocycles. The minimum Gasteiger partial charge on any atom is -0.345 e. The smallest absolute Gasteiger partial charge is 0.244 e. The summed E-state index contributed by atoms with van der Waals surface area (Å²) in [5, 5.41) is 1.02. The molecule has 2 aliphatic heterocycles. The zero-order valence-corrected chi connectivity index (χ0v) is 23.2. The number of carbonyl (C=O) groups is 1. The van der Waals surface area contributed by atoms with Crippen LogP contribution in [-0.2, 0) is 21.2 Å². The van der Waals surface area contributed by atoms with Crippen LogP contribution < -0.4 is 4.90 Å². The van der Waals surface area contributed by atoms with Gasteiger partial charge in [0.15, 0.2) is 5.13 Å². The second-order valence-electron chi connectivity index (χ2n) is 9.29. The van der Waals surface area contributed by atoms with Crippen LogP contribution in [0.3, 0.4) is 0 Å². The average Bonchev–Trinajstić information content (AvgIpc) is 3.36. The number of anilines is 1. The fourth-order valence-electron chi connectivity index (χ4n) is 5.00. The summed E-state index contributed by atoms with van der Waals surface area (Å²) in [4.78, 5) is 23.4. The van der Waals surface area contributed by atoms with Crippen LogP contribution in [0.4, 0.5) is 5.13 Å². The van der Waals surface area contributed by atoms with Crippen molar-refractivity contribution in [1.82, 2.24) is 14.2 Å². The topological polar surface area (TPSA) is 73.8 Å². The van der Waals surface area contributed by atoms with Crippen LogP contribution in [0.5, 0.6) is 0 Å². The fraction of sp³-hybridized carbons (Fsp3) is 0.462. The molecule has 0 bridgehead atoms. The lowest BCUT2D eigenvalue weighted by Gasteiger charge is -2.38. The number of benzene rings is 2. The third-order valence-electron chi connectivity index (χ3n) is 7.20. The molecule has 36 heavy (non-hydrogen) atoms. The van der Waals surface area contributed by atoms with E-state index in [4.69, 9.17) is 4.98 Å². The molecule has 0 unspecified atom stereocenters. The van der Waals surface area contributed by atoms with Gasteiger partial charge in [0.05, 0.1) is 15.1 Å². The van der Waals surface area contributed by atoms with Crippen molar-refractivity contribution in [3.8, 4) is 0 Å². The Morgan fingerprint density at radius 2 is 1.78 bits per heavy atom. The van der Waals surface area contributed by atoms with Gasteiger partial charge in [0.2, 0.25) is 15.9 Å². The number of carbonyl (C=O) groups excluding carboxylic acids is 1. The second kappa shape index (κ2) is 10.7. The highest BCUT2D eigenvalue weighted by Gasteiger charge is 2.35. The third-order valence-corrected chi connectivity index (χ3v) is 11.2. The molecule has 3 aromatic rings. The third kappa shape index (κ3) is 5.01. The normalized spacial score (nSPS) is 18.2. The number of sulfonamides is 1. The van der Waals surface area contributed by atoms with Gasteiger partial charge in [-0.15, -0.1) is 11.8 Å². The van der Waals surface area contributed by atoms with E-state index in [2.05, 4.69) is 30.0 Å². The van der Waals surface area contributed by atoms with Gasteiger partial charge in [0.1, 0.15) is 0 Å². The van der Waals surface area contributed by atoms with Crippen molar-refractivity contribution in [2.24, 2.45) is 5.92 Å². The minimum absolute atomic E-state index is 0.117. The molecule has 2 fully saturated rings. The molecule has 0 aliphatic carbocycles. The predicted molar refractivity (Wildman–Crippen MR) is 147 cm³/mol. The van der Waals surface area contributed by atoms with Crippen LogP contribution in [0, 0.1) is 5.92 Å². The number of amides is 1. The first-order chi connectivity index (χ1) is 17.4. The van der Waals surface area contributed by atoms with Crippen molar-refractivity contribution in [2.45, 2.75) is 36.0 Å². The fourth-order valence-corrected chi connectivity index (χ4v) is 8.68. The standard InChI is InChI=1S/C26H32N4O3S3/c1-3-19-8-9-21-23(18-19)35-26(27-21)29-16-14-28(15-17-29)25(31)20-10-12-30(13-11-20)36(32,33)24-7-5-4-6-22(24)34-2/h4-9,18,20H,3,10-17H2,1-2H3. The molecule has 0 saturated carbocycles. The number of piperazine rings is 1. The zero-order chi connectivity index (χ0) is 25.3. The predicted octanol–water partition coefficient (Wildman–Crippen LogP) is 4.33. The van der Waals surface area contributed by atoms with Crippen molar-refractivity contribution in [3.63, 3.8) is 0 Å². The second-order valence-corrected chi connectivity index (χ2v) is 13.1. The van der Waals surface area contributed by atoms with Crippen LogP contribution in [0.2, 0.25) is 0 Å². The number of hydrogen-bond donors (Lipinski definition) is 0. The van der Waals surface area contributed by atoms with E-state index >= 15 is 0 Å². The molecule has 192 valence electrons. The summed E-state index contributed by atoms with van der Waals surface area (Å²) in [7, 11) is -3.56. The molecular formula is C26H32N4O3S3. The van der Waals surface area contributed by atoms with Crippen LogP contribution >= 0.6 is 23.1 Å². The lowest BCUT2D eigenvalue weighted by atomic mass is 9.96. The number of piperidine rings is 1. The number of rotatable bonds is 6. The number of aromatic nitrogens is 1. The summed E-state index contributed by atoms with van der Waals surface area (Å²) in [6.45, 7) is 5.81. The Bertz CT molecular complexity index is 1340. The molecule has 0 radical (unpaired) electrons. The zero-order valence-electron chi connectivity index (χ0n) is 20.7. The minimum atomic E-state index is -3.56. The van der Waals surface area contributed by atoms with Gasteiger partial charge < -0.3 is 9.80 Å². The summed E-state index contributed by atoms with van der Waals surface area (Å²) in [6, 6.07) is 13.6. The molecular weight excluding hydrogens is 513 g/mol. The van der Waals surface area contributed by atoms with Crippen molar-refractivity contribution in [3.05, 3.63) is 48.0 Å². The first-order valence-corrected chi connectivity index (χ1v) is 15.9. The van der Waals surface area contributed by atoms with E-state index in [1.165, 1.54) is 22.0 Å². The molecule has 2 aliphatic rings. The average molecular weight is 545 g/mol. The molecule has 2 aromatic carbocycles. The maximum absolute atomic E-state index is 13.3. The lowest BCUT2D eigenvalue weighted by molar-refractivity contribution is -0.137. The van der Waals surface area contributed by atoms with Crippen LogP contribution in [-0.4, -0.2) is 74.0 Å². The summed E-state index contributed by atoms with van der Waals surface area (Å²) < 4.78 is 29.2. The number of thioether (sulfide) groups is 1. The highest BCUT2D eigenvalue weighted by Crippen LogP contribution is 2.32. The summed E-state index contributed by atoms with van der Waals surface area (Å²) in [5.41, 5.74) is 2.35. The first-order valence-electron chi connectivity index (χ1n) is 12.5. The van der Waals surface area contributed by atoms with E-state index in [1.54, 1.807) is 27.8 Å². The summed E-state index contributed by atoms with van der Waals surface area (Å²) in [6.07, 6.45) is 4.03. The van der Waals surface area contributed by atoms with Crippen molar-refractivity contribution >= 4 is 54.4 Å². The Balaban J connectivity index is 1.17. The number of aryl methyl sites for hydroxylation is 1. The maximum atomic E-state index is 13.3. The van der Waals surface area contributed by atoms with Crippen molar-refractivity contribution < 1.29 is 13.2 Å². The Morgan fingerprint density at radius 1 is 1.06 bits per heavy atom. The highest BCUT2D eigenvalue weighted by atomic mass is 32.2. The number of hydrogen-bond acceptors (Lipinski definition) is 7. The SMILES string of the molecule is CCc1ccc2nc(N3CCN(C(=O)C4CCN(S(=O)(=O)c5ccccc5SC)CC4)CC3)sc2c1. The summed E-state index contributed by atoms with van der Waals surface area (Å²) in [5.74, 6) is 0.0433. The molecule has 0 atom stereocenters. The van der Waals surface area contributed by atoms with Gasteiger partial charge in [0, 0.05) is 50.1 Å². The van der Waals surface area contributed by atoms with Crippen LogP contribution in [0.15, 0.2) is 52.3 Å². The Labute approximate surface area is 221 Å². The van der Waals surface area contributed by atoms with Crippen molar-refractivity contribution in [2.75, 3.05) is 50.4 Å². The van der Waals surface area contributed by atoms with Gasteiger partial charge in [-0.25, -0.2) is 13.4 Å². The van der Waals surface area contributed by atoms with Crippen LogP contribution in [0.1, 0.15) is 25.3 Å². The summed E-state index contributed by atoms with van der Waals surface area (Å²) >= 11 is 3.16. The molecule has 2 saturated heterocycles. The highest BCUT2D eigenvalue weighted by molar-refractivity contribution is 7.99. The van der Waals surface area contributed by atoms with E-state index in [-0.39, 0.29) is 11.8 Å². The van der Waals surface area contributed by atoms with Crippen molar-refractivity contribution in [1.29, 1.82) is 0 Å². The molecule has 7 nitrogen and oxygen atoms in total. The molecule has 1 aromatic heterocycles. The number of thiazole rings is 1. The lowest BCUT2D eigenvalue weighted by Crippen LogP contribution is -2.52. The first kappa shape index (κ1) is 25.5. The van der Waals surface area contributed by atoms with Gasteiger partial charge in [0.25, 0.3) is 0 Å². The Kier molecular flexibility index (Phi) is 7.57. The van der Waals surface area contributed by atoms with E-state index in [1.807, 2.05) is 23.3 Å². The maximum Gasteiger partial charge on any atom is 0.244 e. The molecule has 5 rings (SSSR count).